The molecule has 2 saturated carbocycles. The van der Waals surface area contributed by atoms with Crippen LogP contribution in [0.5, 0.6) is 0 Å². The van der Waals surface area contributed by atoms with E-state index in [1.165, 1.54) is 32.1 Å². The third-order valence-electron chi connectivity index (χ3n) is 4.89. The van der Waals surface area contributed by atoms with Crippen molar-refractivity contribution in [2.24, 2.45) is 0 Å². The summed E-state index contributed by atoms with van der Waals surface area (Å²) in [6.07, 6.45) is 14.1. The topological polar surface area (TPSA) is 17.1 Å². The van der Waals surface area contributed by atoms with E-state index in [1.54, 1.807) is 29.6 Å². The number of carbonyl (C=O) groups excluding carboxylic acids is 1. The molecule has 0 amide bonds. The maximum Gasteiger partial charge on any atom is 2.00 e. The van der Waals surface area contributed by atoms with Gasteiger partial charge in [0.05, 0.1) is 0 Å². The second kappa shape index (κ2) is 13.4. The van der Waals surface area contributed by atoms with Gasteiger partial charge in [0.1, 0.15) is 5.78 Å². The fourth-order valence-corrected chi connectivity index (χ4v) is 3.81. The van der Waals surface area contributed by atoms with Crippen molar-refractivity contribution >= 4 is 5.78 Å². The molecule has 0 saturated heterocycles. The van der Waals surface area contributed by atoms with Crippen LogP contribution in [0.4, 0.5) is 0 Å². The number of hydrogen-bond acceptors (Lipinski definition) is 1. The minimum absolute atomic E-state index is 0. The molecule has 0 N–H and O–H groups in total. The Morgan fingerprint density at radius 3 is 1.12 bits per heavy atom. The number of hydrogen-bond donors (Lipinski definition) is 0. The van der Waals surface area contributed by atoms with E-state index in [9.17, 15) is 4.79 Å². The van der Waals surface area contributed by atoms with Gasteiger partial charge in [-0.3, -0.25) is 4.79 Å². The smallest absolute Gasteiger partial charge is 0.299 e. The van der Waals surface area contributed by atoms with Crippen LogP contribution in [0, 0.1) is 61.2 Å². The minimum atomic E-state index is 0. The van der Waals surface area contributed by atoms with E-state index >= 15 is 0 Å². The Morgan fingerprint density at radius 1 is 0.640 bits per heavy atom. The van der Waals surface area contributed by atoms with Gasteiger partial charge in [0.25, 0.3) is 0 Å². The molecule has 10 radical (unpaired) electrons. The predicted octanol–water partition coefficient (Wildman–Crippen LogP) is 6.29. The molecule has 1 nitrogen and oxygen atoms in total. The Morgan fingerprint density at radius 2 is 0.920 bits per heavy atom. The monoisotopic (exact) mass is 382 g/mol. The summed E-state index contributed by atoms with van der Waals surface area (Å²) in [5.74, 6) is 9.36. The molecule has 0 aromatic heterocycles. The summed E-state index contributed by atoms with van der Waals surface area (Å²) < 4.78 is 0. The average molecular weight is 382 g/mol. The van der Waals surface area contributed by atoms with Gasteiger partial charge in [0.15, 0.2) is 0 Å². The number of carbonyl (C=O) groups is 1. The Hall–Kier alpha value is 0.189. The van der Waals surface area contributed by atoms with Crippen molar-refractivity contribution in [3.8, 4) is 0 Å². The maximum atomic E-state index is 10.9. The summed E-state index contributed by atoms with van der Waals surface area (Å²) in [6.45, 7) is 13.4. The molecule has 0 aliphatic heterocycles. The van der Waals surface area contributed by atoms with Gasteiger partial charge < -0.3 is 0 Å². The first-order valence-electron chi connectivity index (χ1n) is 9.65. The molecule has 0 bridgehead atoms. The molecule has 0 heterocycles. The Labute approximate surface area is 169 Å². The van der Waals surface area contributed by atoms with Crippen LogP contribution in [0.25, 0.3) is 0 Å². The number of rotatable bonds is 7. The van der Waals surface area contributed by atoms with Crippen molar-refractivity contribution in [1.82, 2.24) is 0 Å². The van der Waals surface area contributed by atoms with E-state index in [0.717, 1.165) is 5.92 Å². The minimum Gasteiger partial charge on any atom is -0.299 e. The van der Waals surface area contributed by atoms with Gasteiger partial charge in [-0.05, 0) is 87.4 Å². The molecule has 0 atom stereocenters. The van der Waals surface area contributed by atoms with Crippen molar-refractivity contribution in [3.05, 3.63) is 61.2 Å². The van der Waals surface area contributed by atoms with E-state index in [0.29, 0.717) is 6.42 Å². The van der Waals surface area contributed by atoms with Crippen LogP contribution >= 0.6 is 0 Å². The normalized spacial score (nSPS) is 21.2. The van der Waals surface area contributed by atoms with Crippen LogP contribution in [0.15, 0.2) is 0 Å². The molecule has 2 rings (SSSR count). The number of ketones is 1. The Balaban J connectivity index is 0.000000495. The largest absolute Gasteiger partial charge is 2.00 e. The molecular formula is C23H34FeO+2. The molecule has 2 fully saturated rings. The van der Waals surface area contributed by atoms with Crippen LogP contribution in [0.1, 0.15) is 80.1 Å². The van der Waals surface area contributed by atoms with Crippen LogP contribution in [0.2, 0.25) is 0 Å². The van der Waals surface area contributed by atoms with Gasteiger partial charge >= 0.3 is 17.1 Å². The summed E-state index contributed by atoms with van der Waals surface area (Å²) in [5, 5.41) is 0. The van der Waals surface area contributed by atoms with Gasteiger partial charge in [0, 0.05) is 12.3 Å². The van der Waals surface area contributed by atoms with Crippen molar-refractivity contribution in [1.29, 1.82) is 0 Å². The summed E-state index contributed by atoms with van der Waals surface area (Å²) >= 11 is 0. The third kappa shape index (κ3) is 6.39. The molecule has 2 aliphatic rings. The molecule has 2 aliphatic carbocycles. The second-order valence-corrected chi connectivity index (χ2v) is 6.11. The van der Waals surface area contributed by atoms with Gasteiger partial charge in [-0.25, -0.2) is 0 Å². The molecule has 0 aromatic carbocycles. The molecule has 0 spiro atoms. The third-order valence-corrected chi connectivity index (χ3v) is 4.89. The quantitative estimate of drug-likeness (QED) is 0.473. The van der Waals surface area contributed by atoms with Gasteiger partial charge in [-0.15, -0.1) is 0 Å². The zero-order valence-corrected chi connectivity index (χ0v) is 17.9. The molecule has 0 aromatic rings. The Bertz CT molecular complexity index is 292. The first-order chi connectivity index (χ1) is 11.6. The second-order valence-electron chi connectivity index (χ2n) is 6.11. The van der Waals surface area contributed by atoms with E-state index in [2.05, 4.69) is 34.6 Å². The standard InChI is InChI=1S/C15H25.C8H9O.Fe/c1-6-11-12(7-2)14(9-4)15(10-5)13(11)8-3;1-2-8(9)7-5-3-4-6-7;/h6-10H2,1-5H3;3-6H,2H2,1H3;/q;;+2. The predicted molar refractivity (Wildman–Crippen MR) is 103 cm³/mol. The molecule has 2 heteroatoms. The van der Waals surface area contributed by atoms with Crippen LogP contribution in [0.3, 0.4) is 0 Å². The van der Waals surface area contributed by atoms with Gasteiger partial charge in [-0.1, -0.05) is 41.5 Å². The van der Waals surface area contributed by atoms with E-state index in [1.807, 2.05) is 32.6 Å². The van der Waals surface area contributed by atoms with Crippen LogP contribution in [-0.2, 0) is 21.9 Å². The fourth-order valence-electron chi connectivity index (χ4n) is 3.81. The fraction of sp³-hybridized carbons (Fsp3) is 0.522. The van der Waals surface area contributed by atoms with Crippen LogP contribution in [-0.4, -0.2) is 5.78 Å². The van der Waals surface area contributed by atoms with Crippen molar-refractivity contribution in [2.45, 2.75) is 80.1 Å². The van der Waals surface area contributed by atoms with Gasteiger partial charge in [-0.2, -0.15) is 0 Å². The number of Topliss-reactive ketones (excluding diaryl/α,β-unsaturated/α-hetero) is 1. The summed E-state index contributed by atoms with van der Waals surface area (Å²) in [4.78, 5) is 10.9. The summed E-state index contributed by atoms with van der Waals surface area (Å²) in [7, 11) is 0. The van der Waals surface area contributed by atoms with Gasteiger partial charge in [0.2, 0.25) is 0 Å². The zero-order valence-electron chi connectivity index (χ0n) is 16.8. The first kappa shape index (κ1) is 25.2. The van der Waals surface area contributed by atoms with Crippen LogP contribution < -0.4 is 0 Å². The molecule has 138 valence electrons. The summed E-state index contributed by atoms with van der Waals surface area (Å²) in [6, 6.07) is 0. The van der Waals surface area contributed by atoms with E-state index in [4.69, 9.17) is 0 Å². The SMILES string of the molecule is CCC(=O)[C]1[CH][CH][CH][CH]1.CC[C]1[C](CC)[C](CC)[C](CC)[C]1CC.[Fe+2]. The molecule has 25 heavy (non-hydrogen) atoms. The zero-order chi connectivity index (χ0) is 18.1. The maximum absolute atomic E-state index is 10.9. The van der Waals surface area contributed by atoms with Crippen molar-refractivity contribution < 1.29 is 21.9 Å². The molecule has 0 unspecified atom stereocenters. The Kier molecular flexibility index (Phi) is 13.5. The summed E-state index contributed by atoms with van der Waals surface area (Å²) in [5.41, 5.74) is 0. The molecular weight excluding hydrogens is 348 g/mol. The van der Waals surface area contributed by atoms with Crippen molar-refractivity contribution in [3.63, 3.8) is 0 Å². The van der Waals surface area contributed by atoms with E-state index < -0.39 is 0 Å². The van der Waals surface area contributed by atoms with Crippen molar-refractivity contribution in [2.75, 3.05) is 0 Å². The average Bonchev–Trinajstić information content (AvgIpc) is 3.25. The van der Waals surface area contributed by atoms with E-state index in [-0.39, 0.29) is 22.9 Å². The first-order valence-corrected chi connectivity index (χ1v) is 9.65.